The number of ether oxygens (including phenoxy) is 1. The topological polar surface area (TPSA) is 38.3 Å². The Morgan fingerprint density at radius 1 is 1.47 bits per heavy atom. The zero-order valence-corrected chi connectivity index (χ0v) is 8.22. The average Bonchev–Trinajstić information content (AvgIpc) is 2.17. The molecular weight excluding hydrogens is 204 g/mol. The van der Waals surface area contributed by atoms with Crippen LogP contribution in [0, 0.1) is 11.6 Å². The molecule has 1 N–H and O–H groups in total. The summed E-state index contributed by atoms with van der Waals surface area (Å²) >= 11 is 0. The summed E-state index contributed by atoms with van der Waals surface area (Å²) in [7, 11) is 0. The van der Waals surface area contributed by atoms with Crippen LogP contribution in [0.5, 0.6) is 0 Å². The molecule has 0 atom stereocenters. The summed E-state index contributed by atoms with van der Waals surface area (Å²) in [5.41, 5.74) is 0.0736. The quantitative estimate of drug-likeness (QED) is 0.780. The van der Waals surface area contributed by atoms with Gasteiger partial charge in [-0.2, -0.15) is 0 Å². The number of halogens is 2. The molecule has 0 saturated carbocycles. The number of anilines is 1. The van der Waals surface area contributed by atoms with Crippen molar-refractivity contribution >= 4 is 11.7 Å². The van der Waals surface area contributed by atoms with Crippen molar-refractivity contribution in [2.75, 3.05) is 18.5 Å². The summed E-state index contributed by atoms with van der Waals surface area (Å²) in [6.45, 7) is 1.80. The molecule has 0 aliphatic carbocycles. The van der Waals surface area contributed by atoms with Crippen molar-refractivity contribution in [3.05, 3.63) is 29.8 Å². The fraction of sp³-hybridized carbons (Fsp3) is 0.300. The van der Waals surface area contributed by atoms with E-state index in [1.165, 1.54) is 6.07 Å². The van der Waals surface area contributed by atoms with E-state index in [1.54, 1.807) is 6.92 Å². The van der Waals surface area contributed by atoms with E-state index in [1.807, 2.05) is 0 Å². The molecule has 15 heavy (non-hydrogen) atoms. The van der Waals surface area contributed by atoms with Crippen LogP contribution >= 0.6 is 0 Å². The lowest BCUT2D eigenvalue weighted by atomic mass is 10.3. The minimum Gasteiger partial charge on any atom is -0.465 e. The Labute approximate surface area is 86.0 Å². The Morgan fingerprint density at radius 2 is 2.20 bits per heavy atom. The smallest absolute Gasteiger partial charge is 0.325 e. The van der Waals surface area contributed by atoms with Gasteiger partial charge in [-0.1, -0.05) is 0 Å². The van der Waals surface area contributed by atoms with Crippen molar-refractivity contribution < 1.29 is 18.3 Å². The normalized spacial score (nSPS) is 9.80. The second-order valence-electron chi connectivity index (χ2n) is 2.78. The summed E-state index contributed by atoms with van der Waals surface area (Å²) in [6.07, 6.45) is 0. The van der Waals surface area contributed by atoms with Gasteiger partial charge in [0.1, 0.15) is 18.2 Å². The van der Waals surface area contributed by atoms with Gasteiger partial charge in [0.15, 0.2) is 0 Å². The second kappa shape index (κ2) is 5.29. The van der Waals surface area contributed by atoms with Gasteiger partial charge in [0.25, 0.3) is 0 Å². The van der Waals surface area contributed by atoms with Gasteiger partial charge in [-0.3, -0.25) is 4.79 Å². The van der Waals surface area contributed by atoms with E-state index in [0.29, 0.717) is 0 Å². The van der Waals surface area contributed by atoms with Crippen LogP contribution in [0.15, 0.2) is 18.2 Å². The summed E-state index contributed by atoms with van der Waals surface area (Å²) in [5.74, 6) is -1.88. The van der Waals surface area contributed by atoms with E-state index in [2.05, 4.69) is 10.1 Å². The molecule has 0 saturated heterocycles. The molecule has 0 fully saturated rings. The molecule has 0 heterocycles. The highest BCUT2D eigenvalue weighted by Gasteiger charge is 2.05. The lowest BCUT2D eigenvalue weighted by Crippen LogP contribution is -2.17. The van der Waals surface area contributed by atoms with Crippen LogP contribution in [-0.4, -0.2) is 19.1 Å². The first-order valence-electron chi connectivity index (χ1n) is 4.48. The first-order valence-corrected chi connectivity index (χ1v) is 4.48. The van der Waals surface area contributed by atoms with Gasteiger partial charge in [0.05, 0.1) is 12.3 Å². The van der Waals surface area contributed by atoms with Crippen molar-refractivity contribution in [2.45, 2.75) is 6.92 Å². The molecule has 0 spiro atoms. The lowest BCUT2D eigenvalue weighted by molar-refractivity contribution is -0.140. The zero-order valence-electron chi connectivity index (χ0n) is 8.22. The number of hydrogen-bond donors (Lipinski definition) is 1. The van der Waals surface area contributed by atoms with Crippen molar-refractivity contribution in [3.63, 3.8) is 0 Å². The van der Waals surface area contributed by atoms with Crippen LogP contribution in [-0.2, 0) is 9.53 Å². The number of esters is 1. The summed E-state index contributed by atoms with van der Waals surface area (Å²) in [4.78, 5) is 10.9. The van der Waals surface area contributed by atoms with Crippen LogP contribution in [0.2, 0.25) is 0 Å². The van der Waals surface area contributed by atoms with Crippen LogP contribution in [0.1, 0.15) is 6.92 Å². The molecule has 0 amide bonds. The van der Waals surface area contributed by atoms with Crippen molar-refractivity contribution in [1.29, 1.82) is 0 Å². The fourth-order valence-electron chi connectivity index (χ4n) is 1.01. The van der Waals surface area contributed by atoms with E-state index in [4.69, 9.17) is 0 Å². The van der Waals surface area contributed by atoms with Gasteiger partial charge < -0.3 is 10.1 Å². The summed E-state index contributed by atoms with van der Waals surface area (Å²) in [5, 5.41) is 2.51. The highest BCUT2D eigenvalue weighted by Crippen LogP contribution is 2.14. The molecule has 5 heteroatoms. The van der Waals surface area contributed by atoms with Crippen LogP contribution in [0.4, 0.5) is 14.5 Å². The van der Waals surface area contributed by atoms with E-state index >= 15 is 0 Å². The van der Waals surface area contributed by atoms with Gasteiger partial charge in [0.2, 0.25) is 0 Å². The van der Waals surface area contributed by atoms with Crippen LogP contribution in [0.25, 0.3) is 0 Å². The number of hydrogen-bond acceptors (Lipinski definition) is 3. The molecule has 3 nitrogen and oxygen atoms in total. The third-order valence-corrected chi connectivity index (χ3v) is 1.66. The Balaban J connectivity index is 2.54. The molecule has 1 aromatic rings. The van der Waals surface area contributed by atoms with Crippen molar-refractivity contribution in [3.8, 4) is 0 Å². The molecule has 1 aromatic carbocycles. The molecular formula is C10H11F2NO2. The molecule has 82 valence electrons. The maximum absolute atomic E-state index is 13.0. The molecule has 1 rings (SSSR count). The Bertz CT molecular complexity index is 355. The minimum absolute atomic E-state index is 0.0736. The van der Waals surface area contributed by atoms with Crippen LogP contribution < -0.4 is 5.32 Å². The third kappa shape index (κ3) is 3.53. The maximum Gasteiger partial charge on any atom is 0.325 e. The van der Waals surface area contributed by atoms with Gasteiger partial charge in [-0.25, -0.2) is 8.78 Å². The van der Waals surface area contributed by atoms with E-state index in [9.17, 15) is 13.6 Å². The largest absolute Gasteiger partial charge is 0.465 e. The van der Waals surface area contributed by atoms with E-state index in [0.717, 1.165) is 12.1 Å². The number of carbonyl (C=O) groups is 1. The Morgan fingerprint density at radius 3 is 2.80 bits per heavy atom. The molecule has 0 aliphatic heterocycles. The Hall–Kier alpha value is -1.65. The number of carbonyl (C=O) groups excluding carboxylic acids is 1. The van der Waals surface area contributed by atoms with Gasteiger partial charge in [-0.05, 0) is 19.1 Å². The second-order valence-corrected chi connectivity index (χ2v) is 2.78. The molecule has 0 bridgehead atoms. The first kappa shape index (κ1) is 11.4. The van der Waals surface area contributed by atoms with Crippen LogP contribution in [0.3, 0.4) is 0 Å². The zero-order chi connectivity index (χ0) is 11.3. The van der Waals surface area contributed by atoms with Crippen molar-refractivity contribution in [1.82, 2.24) is 0 Å². The molecule has 0 unspecified atom stereocenters. The monoisotopic (exact) mass is 215 g/mol. The SMILES string of the molecule is CCOC(=O)CNc1ccc(F)cc1F. The standard InChI is InChI=1S/C10H11F2NO2/c1-2-15-10(14)6-13-9-4-3-7(11)5-8(9)12/h3-5,13H,2,6H2,1H3. The van der Waals surface area contributed by atoms with Crippen molar-refractivity contribution in [2.24, 2.45) is 0 Å². The number of nitrogens with one attached hydrogen (secondary N) is 1. The number of benzene rings is 1. The van der Waals surface area contributed by atoms with Gasteiger partial charge in [-0.15, -0.1) is 0 Å². The maximum atomic E-state index is 13.0. The summed E-state index contributed by atoms with van der Waals surface area (Å²) in [6, 6.07) is 3.08. The Kier molecular flexibility index (Phi) is 4.03. The molecule has 0 aliphatic rings. The first-order chi connectivity index (χ1) is 7.13. The van der Waals surface area contributed by atoms with Gasteiger partial charge in [0, 0.05) is 6.07 Å². The average molecular weight is 215 g/mol. The van der Waals surface area contributed by atoms with E-state index < -0.39 is 17.6 Å². The highest BCUT2D eigenvalue weighted by atomic mass is 19.1. The summed E-state index contributed by atoms with van der Waals surface area (Å²) < 4.78 is 30.2. The predicted molar refractivity (Wildman–Crippen MR) is 51.5 cm³/mol. The predicted octanol–water partition coefficient (Wildman–Crippen LogP) is 1.94. The molecule has 0 aromatic heterocycles. The van der Waals surface area contributed by atoms with E-state index in [-0.39, 0.29) is 18.8 Å². The highest BCUT2D eigenvalue weighted by molar-refractivity contribution is 5.74. The minimum atomic E-state index is -0.737. The lowest BCUT2D eigenvalue weighted by Gasteiger charge is -2.06. The number of rotatable bonds is 4. The van der Waals surface area contributed by atoms with Gasteiger partial charge >= 0.3 is 5.97 Å². The molecule has 0 radical (unpaired) electrons. The fourth-order valence-corrected chi connectivity index (χ4v) is 1.01. The third-order valence-electron chi connectivity index (χ3n) is 1.66.